The number of nitrogens with zero attached hydrogens (tertiary/aromatic N) is 3. The molecule has 0 saturated heterocycles. The largest absolute Gasteiger partial charge is 0.392 e. The van der Waals surface area contributed by atoms with Crippen molar-refractivity contribution in [2.75, 3.05) is 0 Å². The first kappa shape index (κ1) is 11.4. The second kappa shape index (κ2) is 4.86. The van der Waals surface area contributed by atoms with E-state index in [-0.39, 0.29) is 6.61 Å². The van der Waals surface area contributed by atoms with Crippen LogP contribution in [0.3, 0.4) is 0 Å². The fraction of sp³-hybridized carbons (Fsp3) is 0.200. The van der Waals surface area contributed by atoms with Crippen LogP contribution in [-0.4, -0.2) is 19.9 Å². The van der Waals surface area contributed by atoms with Crippen molar-refractivity contribution in [2.24, 2.45) is 7.05 Å². The van der Waals surface area contributed by atoms with E-state index in [1.807, 2.05) is 17.7 Å². The number of halogens is 1. The highest BCUT2D eigenvalue weighted by atomic mass is 35.5. The fourth-order valence-corrected chi connectivity index (χ4v) is 2.30. The monoisotopic (exact) mass is 255 g/mol. The molecule has 2 rings (SSSR count). The minimum Gasteiger partial charge on any atom is -0.392 e. The van der Waals surface area contributed by atoms with E-state index < -0.39 is 0 Å². The van der Waals surface area contributed by atoms with Gasteiger partial charge < -0.3 is 9.67 Å². The van der Waals surface area contributed by atoms with E-state index in [0.717, 1.165) is 15.6 Å². The zero-order valence-electron chi connectivity index (χ0n) is 8.59. The lowest BCUT2D eigenvalue weighted by molar-refractivity contribution is 0.279. The minimum atomic E-state index is -0.0409. The summed E-state index contributed by atoms with van der Waals surface area (Å²) in [6, 6.07) is 5.41. The van der Waals surface area contributed by atoms with E-state index >= 15 is 0 Å². The molecular weight excluding hydrogens is 246 g/mol. The molecule has 1 aromatic heterocycles. The Balaban J connectivity index is 2.31. The summed E-state index contributed by atoms with van der Waals surface area (Å²) >= 11 is 7.31. The van der Waals surface area contributed by atoms with Crippen molar-refractivity contribution in [1.82, 2.24) is 14.8 Å². The van der Waals surface area contributed by atoms with Crippen LogP contribution in [0.4, 0.5) is 0 Å². The molecule has 0 unspecified atom stereocenters. The molecule has 0 aliphatic carbocycles. The van der Waals surface area contributed by atoms with Crippen LogP contribution in [-0.2, 0) is 13.7 Å². The third kappa shape index (κ3) is 2.37. The Kier molecular flexibility index (Phi) is 3.48. The Morgan fingerprint density at radius 3 is 2.94 bits per heavy atom. The van der Waals surface area contributed by atoms with Gasteiger partial charge >= 0.3 is 0 Å². The normalized spacial score (nSPS) is 10.7. The molecule has 0 radical (unpaired) electrons. The van der Waals surface area contributed by atoms with E-state index in [9.17, 15) is 5.11 Å². The summed E-state index contributed by atoms with van der Waals surface area (Å²) in [7, 11) is 1.87. The van der Waals surface area contributed by atoms with Crippen LogP contribution in [0.25, 0.3) is 0 Å². The molecular formula is C10H10ClN3OS. The lowest BCUT2D eigenvalue weighted by Gasteiger charge is -2.06. The molecule has 0 bridgehead atoms. The highest BCUT2D eigenvalue weighted by molar-refractivity contribution is 7.99. The molecule has 1 aromatic carbocycles. The van der Waals surface area contributed by atoms with Crippen molar-refractivity contribution in [1.29, 1.82) is 0 Å². The molecule has 4 nitrogen and oxygen atoms in total. The lowest BCUT2D eigenvalue weighted by Crippen LogP contribution is -1.92. The zero-order chi connectivity index (χ0) is 11.5. The third-order valence-electron chi connectivity index (χ3n) is 2.06. The molecule has 2 aromatic rings. The number of benzene rings is 1. The molecule has 0 fully saturated rings. The molecule has 1 N–H and O–H groups in total. The maximum atomic E-state index is 9.23. The Bertz CT molecular complexity index is 501. The van der Waals surface area contributed by atoms with Gasteiger partial charge in [-0.1, -0.05) is 11.6 Å². The number of hydrogen-bond donors (Lipinski definition) is 1. The summed E-state index contributed by atoms with van der Waals surface area (Å²) in [4.78, 5) is 0.933. The van der Waals surface area contributed by atoms with Gasteiger partial charge in [-0.25, -0.2) is 0 Å². The summed E-state index contributed by atoms with van der Waals surface area (Å²) < 4.78 is 1.82. The van der Waals surface area contributed by atoms with E-state index in [1.165, 1.54) is 11.8 Å². The highest BCUT2D eigenvalue weighted by Gasteiger charge is 2.08. The van der Waals surface area contributed by atoms with Gasteiger partial charge in [-0.15, -0.1) is 10.2 Å². The zero-order valence-corrected chi connectivity index (χ0v) is 10.2. The van der Waals surface area contributed by atoms with Crippen molar-refractivity contribution in [3.63, 3.8) is 0 Å². The van der Waals surface area contributed by atoms with Gasteiger partial charge in [0, 0.05) is 17.0 Å². The predicted molar refractivity (Wildman–Crippen MR) is 62.5 cm³/mol. The van der Waals surface area contributed by atoms with Crippen molar-refractivity contribution in [3.05, 3.63) is 35.1 Å². The number of aromatic nitrogens is 3. The number of rotatable bonds is 3. The number of aliphatic hydroxyl groups is 1. The first-order chi connectivity index (χ1) is 7.70. The average molecular weight is 256 g/mol. The van der Waals surface area contributed by atoms with Gasteiger partial charge in [0.2, 0.25) is 0 Å². The number of aryl methyl sites for hydroxylation is 1. The average Bonchev–Trinajstić information content (AvgIpc) is 2.67. The molecule has 0 amide bonds. The smallest absolute Gasteiger partial charge is 0.195 e. The summed E-state index contributed by atoms with van der Waals surface area (Å²) in [5.41, 5.74) is 0.792. The molecule has 84 valence electrons. The number of hydrogen-bond acceptors (Lipinski definition) is 4. The second-order valence-electron chi connectivity index (χ2n) is 3.24. The standard InChI is InChI=1S/C10H10ClN3OS/c1-14-6-12-13-10(14)16-9-3-2-8(11)4-7(9)5-15/h2-4,6,15H,5H2,1H3. The van der Waals surface area contributed by atoms with Crippen LogP contribution in [0.2, 0.25) is 5.02 Å². The van der Waals surface area contributed by atoms with Crippen molar-refractivity contribution < 1.29 is 5.11 Å². The van der Waals surface area contributed by atoms with Crippen LogP contribution < -0.4 is 0 Å². The topological polar surface area (TPSA) is 50.9 Å². The van der Waals surface area contributed by atoms with E-state index in [4.69, 9.17) is 11.6 Å². The molecule has 1 heterocycles. The molecule has 16 heavy (non-hydrogen) atoms. The van der Waals surface area contributed by atoms with Crippen LogP contribution in [0.1, 0.15) is 5.56 Å². The van der Waals surface area contributed by atoms with Crippen molar-refractivity contribution in [2.45, 2.75) is 16.7 Å². The lowest BCUT2D eigenvalue weighted by atomic mass is 10.2. The van der Waals surface area contributed by atoms with Crippen LogP contribution in [0, 0.1) is 0 Å². The van der Waals surface area contributed by atoms with Gasteiger partial charge in [0.05, 0.1) is 6.61 Å². The Morgan fingerprint density at radius 1 is 1.50 bits per heavy atom. The Morgan fingerprint density at radius 2 is 2.31 bits per heavy atom. The SMILES string of the molecule is Cn1cnnc1Sc1ccc(Cl)cc1CO. The van der Waals surface area contributed by atoms with Gasteiger partial charge in [-0.3, -0.25) is 0 Å². The minimum absolute atomic E-state index is 0.0409. The predicted octanol–water partition coefficient (Wildman–Crippen LogP) is 2.11. The molecule has 0 saturated carbocycles. The van der Waals surface area contributed by atoms with Crippen LogP contribution in [0.15, 0.2) is 34.6 Å². The first-order valence-corrected chi connectivity index (χ1v) is 5.81. The maximum absolute atomic E-state index is 9.23. The van der Waals surface area contributed by atoms with Gasteiger partial charge in [0.15, 0.2) is 5.16 Å². The summed E-state index contributed by atoms with van der Waals surface area (Å²) in [6.45, 7) is -0.0409. The van der Waals surface area contributed by atoms with Crippen LogP contribution in [0.5, 0.6) is 0 Å². The summed E-state index contributed by atoms with van der Waals surface area (Å²) in [6.07, 6.45) is 1.64. The molecule has 0 spiro atoms. The highest BCUT2D eigenvalue weighted by Crippen LogP contribution is 2.30. The van der Waals surface area contributed by atoms with Crippen molar-refractivity contribution >= 4 is 23.4 Å². The Labute approximate surface area is 102 Å². The van der Waals surface area contributed by atoms with Crippen LogP contribution >= 0.6 is 23.4 Å². The molecule has 0 atom stereocenters. The third-order valence-corrected chi connectivity index (χ3v) is 3.47. The van der Waals surface area contributed by atoms with Gasteiger partial charge in [-0.2, -0.15) is 0 Å². The molecule has 0 aliphatic heterocycles. The Hall–Kier alpha value is -1.04. The molecule has 0 aliphatic rings. The maximum Gasteiger partial charge on any atom is 0.195 e. The summed E-state index contributed by atoms with van der Waals surface area (Å²) in [5, 5.41) is 18.4. The fourth-order valence-electron chi connectivity index (χ4n) is 1.23. The van der Waals surface area contributed by atoms with E-state index in [0.29, 0.717) is 5.02 Å². The van der Waals surface area contributed by atoms with Gasteiger partial charge in [0.25, 0.3) is 0 Å². The second-order valence-corrected chi connectivity index (χ2v) is 4.68. The number of aliphatic hydroxyl groups excluding tert-OH is 1. The van der Waals surface area contributed by atoms with E-state index in [2.05, 4.69) is 10.2 Å². The van der Waals surface area contributed by atoms with Gasteiger partial charge in [0.1, 0.15) is 6.33 Å². The van der Waals surface area contributed by atoms with Crippen molar-refractivity contribution in [3.8, 4) is 0 Å². The first-order valence-electron chi connectivity index (χ1n) is 4.62. The quantitative estimate of drug-likeness (QED) is 0.913. The van der Waals surface area contributed by atoms with E-state index in [1.54, 1.807) is 18.5 Å². The summed E-state index contributed by atoms with van der Waals surface area (Å²) in [5.74, 6) is 0. The van der Waals surface area contributed by atoms with Gasteiger partial charge in [-0.05, 0) is 35.5 Å². The molecule has 6 heteroatoms.